The summed E-state index contributed by atoms with van der Waals surface area (Å²) in [7, 11) is 0. The SMILES string of the molecule is CC(C)(C)OC(=O)NC1CN(C(=O)CC2CCOCC2)c2ccccc2NC1=O. The molecule has 2 heterocycles. The van der Waals surface area contributed by atoms with Gasteiger partial charge >= 0.3 is 6.09 Å². The lowest BCUT2D eigenvalue weighted by Crippen LogP contribution is -2.51. The number of fused-ring (bicyclic) bond motifs is 1. The fourth-order valence-electron chi connectivity index (χ4n) is 3.50. The number of nitrogens with zero attached hydrogens (tertiary/aromatic N) is 1. The number of hydrogen-bond donors (Lipinski definition) is 2. The summed E-state index contributed by atoms with van der Waals surface area (Å²) in [6.45, 7) is 6.62. The van der Waals surface area contributed by atoms with Crippen molar-refractivity contribution in [1.29, 1.82) is 0 Å². The molecule has 2 aliphatic rings. The summed E-state index contributed by atoms with van der Waals surface area (Å²) >= 11 is 0. The van der Waals surface area contributed by atoms with Crippen molar-refractivity contribution in [2.45, 2.75) is 51.7 Å². The van der Waals surface area contributed by atoms with Crippen LogP contribution in [-0.4, -0.2) is 49.3 Å². The number of ether oxygens (including phenoxy) is 2. The Labute approximate surface area is 170 Å². The number of amides is 3. The van der Waals surface area contributed by atoms with Crippen LogP contribution in [0.15, 0.2) is 24.3 Å². The minimum Gasteiger partial charge on any atom is -0.444 e. The molecule has 1 aromatic rings. The zero-order chi connectivity index (χ0) is 21.0. The molecule has 1 aromatic carbocycles. The van der Waals surface area contributed by atoms with Crippen molar-refractivity contribution >= 4 is 29.3 Å². The number of benzene rings is 1. The molecule has 158 valence electrons. The Morgan fingerprint density at radius 1 is 1.24 bits per heavy atom. The van der Waals surface area contributed by atoms with Gasteiger partial charge in [0.25, 0.3) is 0 Å². The molecular weight excluding hydrogens is 374 g/mol. The summed E-state index contributed by atoms with van der Waals surface area (Å²) < 4.78 is 10.7. The fourth-order valence-corrected chi connectivity index (χ4v) is 3.50. The lowest BCUT2D eigenvalue weighted by atomic mass is 9.95. The van der Waals surface area contributed by atoms with E-state index in [0.717, 1.165) is 12.8 Å². The number of para-hydroxylation sites is 2. The van der Waals surface area contributed by atoms with Gasteiger partial charge in [-0.1, -0.05) is 12.1 Å². The molecule has 0 aromatic heterocycles. The predicted molar refractivity (Wildman–Crippen MR) is 109 cm³/mol. The van der Waals surface area contributed by atoms with Crippen LogP contribution in [0.3, 0.4) is 0 Å². The normalized spacial score (nSPS) is 20.3. The largest absolute Gasteiger partial charge is 0.444 e. The maximum atomic E-state index is 13.2. The lowest BCUT2D eigenvalue weighted by Gasteiger charge is -2.28. The molecule has 0 radical (unpaired) electrons. The molecule has 2 N–H and O–H groups in total. The number of carbonyl (C=O) groups excluding carboxylic acids is 3. The second kappa shape index (κ2) is 8.82. The summed E-state index contributed by atoms with van der Waals surface area (Å²) in [5.74, 6) is -0.200. The number of carbonyl (C=O) groups is 3. The van der Waals surface area contributed by atoms with Crippen LogP contribution in [0.5, 0.6) is 0 Å². The Morgan fingerprint density at radius 3 is 2.62 bits per heavy atom. The van der Waals surface area contributed by atoms with E-state index in [2.05, 4.69) is 10.6 Å². The molecule has 1 saturated heterocycles. The van der Waals surface area contributed by atoms with Gasteiger partial charge in [0, 0.05) is 19.6 Å². The molecule has 0 spiro atoms. The minimum absolute atomic E-state index is 0.0458. The highest BCUT2D eigenvalue weighted by Crippen LogP contribution is 2.30. The van der Waals surface area contributed by atoms with Crippen LogP contribution in [0.4, 0.5) is 16.2 Å². The van der Waals surface area contributed by atoms with E-state index in [0.29, 0.717) is 31.0 Å². The first-order chi connectivity index (χ1) is 13.7. The molecule has 0 saturated carbocycles. The third kappa shape index (κ3) is 5.69. The van der Waals surface area contributed by atoms with Crippen LogP contribution in [0, 0.1) is 5.92 Å². The van der Waals surface area contributed by atoms with Gasteiger partial charge < -0.3 is 25.0 Å². The second-order valence-electron chi connectivity index (χ2n) is 8.47. The lowest BCUT2D eigenvalue weighted by molar-refractivity contribution is -0.120. The van der Waals surface area contributed by atoms with Crippen LogP contribution >= 0.6 is 0 Å². The van der Waals surface area contributed by atoms with Gasteiger partial charge in [-0.3, -0.25) is 9.59 Å². The van der Waals surface area contributed by atoms with Crippen LogP contribution in [0.25, 0.3) is 0 Å². The topological polar surface area (TPSA) is 97.0 Å². The third-order valence-corrected chi connectivity index (χ3v) is 4.93. The first kappa shape index (κ1) is 21.1. The molecule has 0 aliphatic carbocycles. The van der Waals surface area contributed by atoms with Gasteiger partial charge in [0.05, 0.1) is 17.9 Å². The average Bonchev–Trinajstić information content (AvgIpc) is 2.78. The molecule has 8 heteroatoms. The molecule has 2 aliphatic heterocycles. The van der Waals surface area contributed by atoms with Crippen molar-refractivity contribution < 1.29 is 23.9 Å². The van der Waals surface area contributed by atoms with Gasteiger partial charge in [-0.25, -0.2) is 4.79 Å². The predicted octanol–water partition coefficient (Wildman–Crippen LogP) is 2.68. The zero-order valence-electron chi connectivity index (χ0n) is 17.2. The zero-order valence-corrected chi connectivity index (χ0v) is 17.2. The first-order valence-electron chi connectivity index (χ1n) is 10.0. The van der Waals surface area contributed by atoms with E-state index in [4.69, 9.17) is 9.47 Å². The summed E-state index contributed by atoms with van der Waals surface area (Å²) in [5, 5.41) is 5.41. The van der Waals surface area contributed by atoms with Gasteiger partial charge in [0.2, 0.25) is 11.8 Å². The molecule has 29 heavy (non-hydrogen) atoms. The molecule has 1 fully saturated rings. The van der Waals surface area contributed by atoms with Gasteiger partial charge in [0.1, 0.15) is 11.6 Å². The molecule has 1 unspecified atom stereocenters. The van der Waals surface area contributed by atoms with E-state index >= 15 is 0 Å². The number of nitrogens with one attached hydrogen (secondary N) is 2. The van der Waals surface area contributed by atoms with Crippen molar-refractivity contribution in [1.82, 2.24) is 5.32 Å². The highest BCUT2D eigenvalue weighted by molar-refractivity contribution is 6.06. The molecule has 0 bridgehead atoms. The molecule has 8 nitrogen and oxygen atoms in total. The fraction of sp³-hybridized carbons (Fsp3) is 0.571. The number of alkyl carbamates (subject to hydrolysis) is 1. The maximum Gasteiger partial charge on any atom is 0.408 e. The smallest absolute Gasteiger partial charge is 0.408 e. The van der Waals surface area contributed by atoms with E-state index < -0.39 is 17.7 Å². The molecule has 3 rings (SSSR count). The summed E-state index contributed by atoms with van der Waals surface area (Å²) in [4.78, 5) is 39.7. The van der Waals surface area contributed by atoms with Gasteiger partial charge in [-0.2, -0.15) is 0 Å². The first-order valence-corrected chi connectivity index (χ1v) is 10.0. The number of anilines is 2. The van der Waals surface area contributed by atoms with Crippen LogP contribution < -0.4 is 15.5 Å². The standard InChI is InChI=1S/C21H29N3O5/c1-21(2,3)29-20(27)23-16-13-24(18(25)12-14-8-10-28-11-9-14)17-7-5-4-6-15(17)22-19(16)26/h4-7,14,16H,8-13H2,1-3H3,(H,22,26)(H,23,27). The second-order valence-corrected chi connectivity index (χ2v) is 8.47. The van der Waals surface area contributed by atoms with Crippen molar-refractivity contribution in [3.8, 4) is 0 Å². The van der Waals surface area contributed by atoms with E-state index in [1.54, 1.807) is 43.9 Å². The monoisotopic (exact) mass is 403 g/mol. The minimum atomic E-state index is -0.920. The van der Waals surface area contributed by atoms with Crippen molar-refractivity contribution in [2.75, 3.05) is 30.0 Å². The highest BCUT2D eigenvalue weighted by Gasteiger charge is 2.34. The Hall–Kier alpha value is -2.61. The summed E-state index contributed by atoms with van der Waals surface area (Å²) in [6.07, 6.45) is 1.38. The van der Waals surface area contributed by atoms with Crippen molar-refractivity contribution in [3.05, 3.63) is 24.3 Å². The number of hydrogen-bond acceptors (Lipinski definition) is 5. The van der Waals surface area contributed by atoms with Crippen LogP contribution in [0.2, 0.25) is 0 Å². The van der Waals surface area contributed by atoms with E-state index in [1.807, 2.05) is 6.07 Å². The third-order valence-electron chi connectivity index (χ3n) is 4.93. The summed E-state index contributed by atoms with van der Waals surface area (Å²) in [5.41, 5.74) is 0.491. The van der Waals surface area contributed by atoms with Gasteiger partial charge in [-0.05, 0) is 51.7 Å². The summed E-state index contributed by atoms with van der Waals surface area (Å²) in [6, 6.07) is 6.24. The Kier molecular flexibility index (Phi) is 6.42. The Morgan fingerprint density at radius 2 is 1.93 bits per heavy atom. The molecule has 1 atom stereocenters. The van der Waals surface area contributed by atoms with Crippen LogP contribution in [-0.2, 0) is 19.1 Å². The quantitative estimate of drug-likeness (QED) is 0.809. The Bertz CT molecular complexity index is 768. The Balaban J connectivity index is 1.79. The average molecular weight is 403 g/mol. The van der Waals surface area contributed by atoms with Gasteiger partial charge in [-0.15, -0.1) is 0 Å². The highest BCUT2D eigenvalue weighted by atomic mass is 16.6. The molecular formula is C21H29N3O5. The number of rotatable bonds is 3. The van der Waals surface area contributed by atoms with Crippen molar-refractivity contribution in [3.63, 3.8) is 0 Å². The van der Waals surface area contributed by atoms with E-state index in [1.165, 1.54) is 0 Å². The van der Waals surface area contributed by atoms with Gasteiger partial charge in [0.15, 0.2) is 0 Å². The van der Waals surface area contributed by atoms with E-state index in [9.17, 15) is 14.4 Å². The van der Waals surface area contributed by atoms with Crippen molar-refractivity contribution in [2.24, 2.45) is 5.92 Å². The maximum absolute atomic E-state index is 13.2. The molecule has 3 amide bonds. The van der Waals surface area contributed by atoms with Crippen LogP contribution in [0.1, 0.15) is 40.0 Å². The van der Waals surface area contributed by atoms with E-state index in [-0.39, 0.29) is 24.3 Å².